The van der Waals surface area contributed by atoms with Crippen LogP contribution in [0.3, 0.4) is 0 Å². The number of ether oxygens (including phenoxy) is 1. The van der Waals surface area contributed by atoms with Crippen LogP contribution in [-0.2, 0) is 6.54 Å². The van der Waals surface area contributed by atoms with Crippen molar-refractivity contribution in [3.05, 3.63) is 59.0 Å². The van der Waals surface area contributed by atoms with Crippen LogP contribution in [0.4, 0.5) is 13.2 Å². The Morgan fingerprint density at radius 2 is 1.86 bits per heavy atom. The third kappa shape index (κ3) is 4.24. The molecule has 3 rings (SSSR count). The van der Waals surface area contributed by atoms with Crippen molar-refractivity contribution >= 4 is 11.6 Å². The summed E-state index contributed by atoms with van der Waals surface area (Å²) in [6.07, 6.45) is -1.29. The van der Waals surface area contributed by atoms with Crippen LogP contribution in [0.1, 0.15) is 27.2 Å². The first-order valence-corrected chi connectivity index (χ1v) is 8.49. The summed E-state index contributed by atoms with van der Waals surface area (Å²) in [4.78, 5) is 18.4. The van der Waals surface area contributed by atoms with Crippen LogP contribution in [0.5, 0.6) is 5.75 Å². The molecule has 148 valence electrons. The molecule has 1 amide bonds. The molecular weight excluding hydrogens is 373 g/mol. The number of hydrogen-bond donors (Lipinski definition) is 0. The van der Waals surface area contributed by atoms with Gasteiger partial charge in [-0.25, -0.2) is 9.50 Å². The lowest BCUT2D eigenvalue weighted by atomic mass is 10.1. The van der Waals surface area contributed by atoms with Crippen LogP contribution in [0.2, 0.25) is 0 Å². The molecule has 0 atom stereocenters. The molecule has 0 unspecified atom stereocenters. The highest BCUT2D eigenvalue weighted by molar-refractivity contribution is 5.92. The molecule has 0 aliphatic carbocycles. The van der Waals surface area contributed by atoms with Gasteiger partial charge in [0.05, 0.1) is 6.20 Å². The smallest absolute Gasteiger partial charge is 0.422 e. The lowest BCUT2D eigenvalue weighted by Gasteiger charge is -2.20. The van der Waals surface area contributed by atoms with E-state index in [9.17, 15) is 18.0 Å². The number of fused-ring (bicyclic) bond motifs is 1. The average Bonchev–Trinajstić information content (AvgIpc) is 3.08. The molecule has 0 aliphatic heterocycles. The van der Waals surface area contributed by atoms with Crippen LogP contribution in [-0.4, -0.2) is 45.2 Å². The molecule has 6 nitrogen and oxygen atoms in total. The number of hydrogen-bond acceptors (Lipinski definition) is 4. The molecule has 0 aliphatic rings. The molecule has 0 fully saturated rings. The molecule has 1 aromatic carbocycles. The number of aromatic nitrogens is 3. The normalized spacial score (nSPS) is 11.6. The van der Waals surface area contributed by atoms with Crippen molar-refractivity contribution in [3.8, 4) is 5.75 Å². The fourth-order valence-electron chi connectivity index (χ4n) is 3.05. The standard InChI is InChI=1S/C19H19F3N4O2/c1-12-8-14(9-13(2)17(12)28-11-19(20,21)22)10-25(3)18(27)15-4-6-23-16-5-7-24-26(15)16/h4-9H,10-11H2,1-3H3. The van der Waals surface area contributed by atoms with Gasteiger partial charge >= 0.3 is 6.18 Å². The van der Waals surface area contributed by atoms with Gasteiger partial charge in [-0.2, -0.15) is 18.3 Å². The number of benzene rings is 1. The zero-order chi connectivity index (χ0) is 20.5. The average molecular weight is 392 g/mol. The van der Waals surface area contributed by atoms with E-state index in [1.807, 2.05) is 0 Å². The van der Waals surface area contributed by atoms with Gasteiger partial charge in [-0.1, -0.05) is 12.1 Å². The van der Waals surface area contributed by atoms with E-state index in [0.29, 0.717) is 22.5 Å². The first-order valence-electron chi connectivity index (χ1n) is 8.49. The number of aryl methyl sites for hydroxylation is 2. The van der Waals surface area contributed by atoms with Gasteiger partial charge in [0.2, 0.25) is 0 Å². The van der Waals surface area contributed by atoms with Gasteiger partial charge < -0.3 is 9.64 Å². The molecule has 0 spiro atoms. The van der Waals surface area contributed by atoms with Crippen molar-refractivity contribution in [2.75, 3.05) is 13.7 Å². The van der Waals surface area contributed by atoms with Crippen molar-refractivity contribution in [2.45, 2.75) is 26.6 Å². The van der Waals surface area contributed by atoms with Gasteiger partial charge in [-0.05, 0) is 36.6 Å². The molecule has 28 heavy (non-hydrogen) atoms. The van der Waals surface area contributed by atoms with Crippen molar-refractivity contribution in [1.82, 2.24) is 19.5 Å². The first-order chi connectivity index (χ1) is 13.2. The zero-order valence-electron chi connectivity index (χ0n) is 15.6. The van der Waals surface area contributed by atoms with E-state index in [1.54, 1.807) is 57.6 Å². The summed E-state index contributed by atoms with van der Waals surface area (Å²) < 4.78 is 43.6. The van der Waals surface area contributed by atoms with E-state index >= 15 is 0 Å². The maximum absolute atomic E-state index is 12.8. The van der Waals surface area contributed by atoms with Crippen LogP contribution in [0.25, 0.3) is 5.65 Å². The van der Waals surface area contributed by atoms with Gasteiger partial charge in [0, 0.05) is 25.9 Å². The number of halogens is 3. The molecular formula is C19H19F3N4O2. The highest BCUT2D eigenvalue weighted by Crippen LogP contribution is 2.27. The summed E-state index contributed by atoms with van der Waals surface area (Å²) in [6.45, 7) is 2.31. The lowest BCUT2D eigenvalue weighted by Crippen LogP contribution is -2.28. The van der Waals surface area contributed by atoms with Crippen molar-refractivity contribution < 1.29 is 22.7 Å². The summed E-state index contributed by atoms with van der Waals surface area (Å²) >= 11 is 0. The number of amides is 1. The molecule has 3 aromatic rings. The summed E-state index contributed by atoms with van der Waals surface area (Å²) in [5, 5.41) is 4.11. The maximum Gasteiger partial charge on any atom is 0.422 e. The van der Waals surface area contributed by atoms with E-state index in [4.69, 9.17) is 4.74 Å². The van der Waals surface area contributed by atoms with Gasteiger partial charge in [0.25, 0.3) is 5.91 Å². The summed E-state index contributed by atoms with van der Waals surface area (Å²) in [5.41, 5.74) is 2.89. The summed E-state index contributed by atoms with van der Waals surface area (Å²) in [6, 6.07) is 6.73. The van der Waals surface area contributed by atoms with Crippen molar-refractivity contribution in [1.29, 1.82) is 0 Å². The second-order valence-corrected chi connectivity index (χ2v) is 6.56. The number of carbonyl (C=O) groups excluding carboxylic acids is 1. The fraction of sp³-hybridized carbons (Fsp3) is 0.316. The zero-order valence-corrected chi connectivity index (χ0v) is 15.6. The Hall–Kier alpha value is -3.10. The van der Waals surface area contributed by atoms with Crippen LogP contribution in [0, 0.1) is 13.8 Å². The number of nitrogens with zero attached hydrogens (tertiary/aromatic N) is 4. The van der Waals surface area contributed by atoms with Gasteiger partial charge in [-0.3, -0.25) is 4.79 Å². The Labute approximate surface area is 159 Å². The molecule has 0 N–H and O–H groups in total. The third-order valence-electron chi connectivity index (χ3n) is 4.18. The SMILES string of the molecule is Cc1cc(CN(C)C(=O)c2ccnc3ccnn23)cc(C)c1OCC(F)(F)F. The van der Waals surface area contributed by atoms with Crippen molar-refractivity contribution in [2.24, 2.45) is 0 Å². The van der Waals surface area contributed by atoms with Crippen LogP contribution in [0.15, 0.2) is 36.7 Å². The Morgan fingerprint density at radius 3 is 2.50 bits per heavy atom. The highest BCUT2D eigenvalue weighted by Gasteiger charge is 2.29. The highest BCUT2D eigenvalue weighted by atomic mass is 19.4. The number of carbonyl (C=O) groups is 1. The predicted octanol–water partition coefficient (Wildman–Crippen LogP) is 3.56. The lowest BCUT2D eigenvalue weighted by molar-refractivity contribution is -0.153. The van der Waals surface area contributed by atoms with Crippen molar-refractivity contribution in [3.63, 3.8) is 0 Å². The molecule has 0 radical (unpaired) electrons. The molecule has 0 saturated heterocycles. The summed E-state index contributed by atoms with van der Waals surface area (Å²) in [5.74, 6) is -0.0359. The minimum Gasteiger partial charge on any atom is -0.484 e. The van der Waals surface area contributed by atoms with E-state index in [2.05, 4.69) is 10.1 Å². The quantitative estimate of drug-likeness (QED) is 0.666. The Kier molecular flexibility index (Phi) is 5.26. The largest absolute Gasteiger partial charge is 0.484 e. The Balaban J connectivity index is 1.77. The second-order valence-electron chi connectivity index (χ2n) is 6.56. The van der Waals surface area contributed by atoms with Crippen LogP contribution >= 0.6 is 0 Å². The molecule has 0 saturated carbocycles. The Morgan fingerprint density at radius 1 is 1.18 bits per heavy atom. The maximum atomic E-state index is 12.8. The van der Waals surface area contributed by atoms with Gasteiger partial charge in [-0.15, -0.1) is 0 Å². The summed E-state index contributed by atoms with van der Waals surface area (Å²) in [7, 11) is 1.65. The molecule has 2 heterocycles. The Bertz CT molecular complexity index is 991. The van der Waals surface area contributed by atoms with E-state index < -0.39 is 12.8 Å². The molecule has 0 bridgehead atoms. The first kappa shape index (κ1) is 19.7. The molecule has 9 heteroatoms. The third-order valence-corrected chi connectivity index (χ3v) is 4.18. The number of alkyl halides is 3. The minimum atomic E-state index is -4.40. The fourth-order valence-corrected chi connectivity index (χ4v) is 3.05. The monoisotopic (exact) mass is 392 g/mol. The topological polar surface area (TPSA) is 59.7 Å². The van der Waals surface area contributed by atoms with E-state index in [-0.39, 0.29) is 18.2 Å². The van der Waals surface area contributed by atoms with Gasteiger partial charge in [0.1, 0.15) is 11.4 Å². The van der Waals surface area contributed by atoms with Gasteiger partial charge in [0.15, 0.2) is 12.3 Å². The number of rotatable bonds is 5. The van der Waals surface area contributed by atoms with E-state index in [0.717, 1.165) is 5.56 Å². The minimum absolute atomic E-state index is 0.211. The second kappa shape index (κ2) is 7.49. The molecule has 2 aromatic heterocycles. The predicted molar refractivity (Wildman–Crippen MR) is 96.3 cm³/mol. The van der Waals surface area contributed by atoms with Crippen LogP contribution < -0.4 is 4.74 Å². The van der Waals surface area contributed by atoms with E-state index in [1.165, 1.54) is 9.42 Å².